The molecule has 0 amide bonds. The number of methoxy groups -OCH3 is 1. The van der Waals surface area contributed by atoms with Gasteiger partial charge in [0.15, 0.2) is 0 Å². The molecule has 1 aromatic heterocycles. The Morgan fingerprint density at radius 2 is 1.52 bits per heavy atom. The normalized spacial score (nSPS) is 13.2. The molecular formula is C12H7F7N2O2. The summed E-state index contributed by atoms with van der Waals surface area (Å²) in [5.74, 6) is -14.4. The molecule has 0 atom stereocenters. The third-order valence-corrected chi connectivity index (χ3v) is 2.79. The van der Waals surface area contributed by atoms with E-state index in [2.05, 4.69) is 14.7 Å². The van der Waals surface area contributed by atoms with E-state index in [9.17, 15) is 30.7 Å². The van der Waals surface area contributed by atoms with Gasteiger partial charge in [-0.05, 0) is 24.3 Å². The number of rotatable bonds is 4. The first kappa shape index (κ1) is 17.0. The predicted molar refractivity (Wildman–Crippen MR) is 61.2 cm³/mol. The number of ether oxygens (including phenoxy) is 1. The van der Waals surface area contributed by atoms with Gasteiger partial charge in [0.05, 0.1) is 7.11 Å². The van der Waals surface area contributed by atoms with E-state index in [1.165, 1.54) is 31.4 Å². The van der Waals surface area contributed by atoms with Crippen molar-refractivity contribution in [3.8, 4) is 17.1 Å². The van der Waals surface area contributed by atoms with Gasteiger partial charge in [-0.3, -0.25) is 0 Å². The van der Waals surface area contributed by atoms with Crippen LogP contribution in [0.4, 0.5) is 30.7 Å². The number of nitrogens with zero attached hydrogens (tertiary/aromatic N) is 2. The van der Waals surface area contributed by atoms with Crippen molar-refractivity contribution >= 4 is 0 Å². The van der Waals surface area contributed by atoms with Gasteiger partial charge in [-0.1, -0.05) is 5.16 Å². The lowest BCUT2D eigenvalue weighted by Crippen LogP contribution is -2.50. The molecule has 0 bridgehead atoms. The lowest BCUT2D eigenvalue weighted by atomic mass is 10.1. The maximum atomic E-state index is 13.4. The number of halogens is 7. The fraction of sp³-hybridized carbons (Fsp3) is 0.333. The lowest BCUT2D eigenvalue weighted by molar-refractivity contribution is -0.364. The molecule has 0 aliphatic heterocycles. The Bertz CT molecular complexity index is 679. The molecule has 0 aliphatic carbocycles. The molecule has 23 heavy (non-hydrogen) atoms. The predicted octanol–water partition coefficient (Wildman–Crippen LogP) is 4.03. The van der Waals surface area contributed by atoms with Gasteiger partial charge in [-0.25, -0.2) is 0 Å². The largest absolute Gasteiger partial charge is 0.497 e. The van der Waals surface area contributed by atoms with Gasteiger partial charge in [0.2, 0.25) is 5.82 Å². The Morgan fingerprint density at radius 1 is 0.957 bits per heavy atom. The summed E-state index contributed by atoms with van der Waals surface area (Å²) in [7, 11) is 1.36. The summed E-state index contributed by atoms with van der Waals surface area (Å²) in [4.78, 5) is 2.94. The summed E-state index contributed by atoms with van der Waals surface area (Å²) >= 11 is 0. The van der Waals surface area contributed by atoms with E-state index in [1.54, 1.807) is 0 Å². The highest BCUT2D eigenvalue weighted by Crippen LogP contribution is 2.51. The van der Waals surface area contributed by atoms with E-state index in [1.807, 2.05) is 0 Å². The molecule has 0 aliphatic rings. The van der Waals surface area contributed by atoms with Crippen LogP contribution in [0.2, 0.25) is 0 Å². The van der Waals surface area contributed by atoms with Crippen molar-refractivity contribution in [1.29, 1.82) is 0 Å². The van der Waals surface area contributed by atoms with Crippen molar-refractivity contribution in [2.75, 3.05) is 7.11 Å². The molecular weight excluding hydrogens is 337 g/mol. The van der Waals surface area contributed by atoms with Gasteiger partial charge >= 0.3 is 23.9 Å². The van der Waals surface area contributed by atoms with Crippen LogP contribution in [-0.2, 0) is 5.92 Å². The molecule has 2 aromatic rings. The molecule has 4 nitrogen and oxygen atoms in total. The number of hydrogen-bond acceptors (Lipinski definition) is 4. The third-order valence-electron chi connectivity index (χ3n) is 2.79. The van der Waals surface area contributed by atoms with Crippen molar-refractivity contribution < 1.29 is 40.0 Å². The van der Waals surface area contributed by atoms with Crippen molar-refractivity contribution in [2.24, 2.45) is 0 Å². The molecule has 0 saturated heterocycles. The number of hydrogen-bond donors (Lipinski definition) is 0. The second-order valence-corrected chi connectivity index (χ2v) is 4.30. The van der Waals surface area contributed by atoms with Crippen LogP contribution in [0.5, 0.6) is 5.75 Å². The van der Waals surface area contributed by atoms with Crippen molar-refractivity contribution in [3.05, 3.63) is 30.2 Å². The first-order chi connectivity index (χ1) is 10.5. The summed E-state index contributed by atoms with van der Waals surface area (Å²) in [5.41, 5.74) is 0.0620. The highest BCUT2D eigenvalue weighted by Gasteiger charge is 2.76. The Morgan fingerprint density at radius 3 is 2.00 bits per heavy atom. The molecule has 0 saturated carbocycles. The fourth-order valence-electron chi connectivity index (χ4n) is 1.52. The third kappa shape index (κ3) is 2.82. The molecule has 0 N–H and O–H groups in total. The van der Waals surface area contributed by atoms with Crippen LogP contribution in [0.1, 0.15) is 5.89 Å². The fourth-order valence-corrected chi connectivity index (χ4v) is 1.52. The standard InChI is InChI=1S/C12H7F7N2O2/c1-22-7-4-2-6(3-5-7)8-20-9(23-21-8)10(13,14)11(15,16)12(17,18)19/h2-5H,1H3. The first-order valence-electron chi connectivity index (χ1n) is 5.81. The van der Waals surface area contributed by atoms with Crippen molar-refractivity contribution in [2.45, 2.75) is 18.0 Å². The summed E-state index contributed by atoms with van der Waals surface area (Å²) in [6.45, 7) is 0. The van der Waals surface area contributed by atoms with E-state index in [-0.39, 0.29) is 5.56 Å². The Hall–Kier alpha value is -2.33. The van der Waals surface area contributed by atoms with Crippen molar-refractivity contribution in [3.63, 3.8) is 0 Å². The van der Waals surface area contributed by atoms with Gasteiger partial charge in [0.1, 0.15) is 5.75 Å². The maximum absolute atomic E-state index is 13.4. The number of aromatic nitrogens is 2. The van der Waals surface area contributed by atoms with E-state index in [0.29, 0.717) is 5.75 Å². The van der Waals surface area contributed by atoms with Gasteiger partial charge in [-0.2, -0.15) is 35.7 Å². The van der Waals surface area contributed by atoms with E-state index in [4.69, 9.17) is 4.74 Å². The van der Waals surface area contributed by atoms with E-state index in [0.717, 1.165) is 0 Å². The molecule has 0 radical (unpaired) electrons. The minimum absolute atomic E-state index is 0.0620. The first-order valence-corrected chi connectivity index (χ1v) is 5.81. The average Bonchev–Trinajstić information content (AvgIpc) is 2.96. The molecule has 0 unspecified atom stereocenters. The minimum Gasteiger partial charge on any atom is -0.497 e. The second kappa shape index (κ2) is 5.39. The monoisotopic (exact) mass is 344 g/mol. The molecule has 11 heteroatoms. The van der Waals surface area contributed by atoms with Crippen LogP contribution >= 0.6 is 0 Å². The zero-order valence-corrected chi connectivity index (χ0v) is 11.2. The lowest BCUT2D eigenvalue weighted by Gasteiger charge is -2.25. The maximum Gasteiger partial charge on any atom is 0.460 e. The van der Waals surface area contributed by atoms with Gasteiger partial charge in [0.25, 0.3) is 0 Å². The van der Waals surface area contributed by atoms with E-state index >= 15 is 0 Å². The second-order valence-electron chi connectivity index (χ2n) is 4.30. The van der Waals surface area contributed by atoms with E-state index < -0.39 is 29.7 Å². The summed E-state index contributed by atoms with van der Waals surface area (Å²) in [6, 6.07) is 5.34. The highest BCUT2D eigenvalue weighted by atomic mass is 19.4. The summed E-state index contributed by atoms with van der Waals surface area (Å²) in [6.07, 6.45) is -6.48. The molecule has 0 spiro atoms. The molecule has 1 aromatic carbocycles. The quantitative estimate of drug-likeness (QED) is 0.786. The highest BCUT2D eigenvalue weighted by molar-refractivity contribution is 5.55. The molecule has 1 heterocycles. The van der Waals surface area contributed by atoms with Gasteiger partial charge < -0.3 is 9.26 Å². The zero-order chi connectivity index (χ0) is 17.5. The number of benzene rings is 1. The van der Waals surface area contributed by atoms with Crippen LogP contribution in [0.3, 0.4) is 0 Å². The Kier molecular flexibility index (Phi) is 3.99. The zero-order valence-electron chi connectivity index (χ0n) is 11.2. The SMILES string of the molecule is COc1ccc(-c2noc(C(F)(F)C(F)(F)C(F)(F)F)n2)cc1. The van der Waals surface area contributed by atoms with Crippen LogP contribution in [0, 0.1) is 0 Å². The van der Waals surface area contributed by atoms with Gasteiger partial charge in [-0.15, -0.1) is 0 Å². The molecule has 2 rings (SSSR count). The summed E-state index contributed by atoms with van der Waals surface area (Å²) in [5, 5.41) is 3.00. The smallest absolute Gasteiger partial charge is 0.460 e. The van der Waals surface area contributed by atoms with Crippen LogP contribution in [0.15, 0.2) is 28.8 Å². The molecule has 0 fully saturated rings. The topological polar surface area (TPSA) is 48.2 Å². The van der Waals surface area contributed by atoms with Crippen LogP contribution < -0.4 is 4.74 Å². The average molecular weight is 344 g/mol. The minimum atomic E-state index is -6.48. The molecule has 126 valence electrons. The Labute approximate surface area is 123 Å². The number of alkyl halides is 7. The Balaban J connectivity index is 2.37. The van der Waals surface area contributed by atoms with Crippen molar-refractivity contribution in [1.82, 2.24) is 10.1 Å². The van der Waals surface area contributed by atoms with Gasteiger partial charge in [0, 0.05) is 5.56 Å². The van der Waals surface area contributed by atoms with Crippen LogP contribution in [-0.4, -0.2) is 29.3 Å². The summed E-state index contributed by atoms with van der Waals surface area (Å²) < 4.78 is 97.6. The van der Waals surface area contributed by atoms with Crippen LogP contribution in [0.25, 0.3) is 11.4 Å².